The van der Waals surface area contributed by atoms with Crippen molar-refractivity contribution in [1.82, 2.24) is 5.32 Å². The van der Waals surface area contributed by atoms with E-state index in [0.717, 1.165) is 25.1 Å². The van der Waals surface area contributed by atoms with Gasteiger partial charge in [-0.1, -0.05) is 19.3 Å². The molecule has 0 bridgehead atoms. The maximum absolute atomic E-state index is 13.9. The Labute approximate surface area is 159 Å². The van der Waals surface area contributed by atoms with Crippen LogP contribution in [0.1, 0.15) is 62.5 Å². The molecule has 2 N–H and O–H groups in total. The maximum Gasteiger partial charge on any atom is 0.418 e. The van der Waals surface area contributed by atoms with Crippen LogP contribution in [0.5, 0.6) is 0 Å². The first-order valence-electron chi connectivity index (χ1n) is 10.3. The molecule has 4 rings (SSSR count). The lowest BCUT2D eigenvalue weighted by Gasteiger charge is -2.31. The minimum atomic E-state index is -4.34. The summed E-state index contributed by atoms with van der Waals surface area (Å²) in [4.78, 5) is 1.87. The highest BCUT2D eigenvalue weighted by Gasteiger charge is 2.45. The second-order valence-electron chi connectivity index (χ2n) is 8.57. The van der Waals surface area contributed by atoms with Crippen molar-refractivity contribution in [3.63, 3.8) is 0 Å². The van der Waals surface area contributed by atoms with E-state index >= 15 is 0 Å². The van der Waals surface area contributed by atoms with Gasteiger partial charge in [0.25, 0.3) is 0 Å². The molecular formula is C21H30F3N3. The Hall–Kier alpha value is -1.43. The molecule has 0 radical (unpaired) electrons. The highest BCUT2D eigenvalue weighted by atomic mass is 19.4. The zero-order valence-electron chi connectivity index (χ0n) is 16.2. The number of piperidine rings is 1. The van der Waals surface area contributed by atoms with Gasteiger partial charge in [-0.2, -0.15) is 13.2 Å². The predicted molar refractivity (Wildman–Crippen MR) is 104 cm³/mol. The molecule has 1 aromatic carbocycles. The van der Waals surface area contributed by atoms with E-state index in [1.54, 1.807) is 0 Å². The normalized spacial score (nSPS) is 27.2. The molecule has 2 fully saturated rings. The molecule has 1 aliphatic carbocycles. The lowest BCUT2D eigenvalue weighted by Crippen LogP contribution is -2.42. The van der Waals surface area contributed by atoms with Crippen molar-refractivity contribution in [1.29, 1.82) is 0 Å². The number of alkyl halides is 3. The quantitative estimate of drug-likeness (QED) is 0.773. The number of anilines is 2. The van der Waals surface area contributed by atoms with E-state index in [0.29, 0.717) is 17.3 Å². The first-order chi connectivity index (χ1) is 12.9. The molecule has 2 heterocycles. The summed E-state index contributed by atoms with van der Waals surface area (Å²) < 4.78 is 41.7. The van der Waals surface area contributed by atoms with Gasteiger partial charge in [0.15, 0.2) is 0 Å². The zero-order chi connectivity index (χ0) is 19.2. The van der Waals surface area contributed by atoms with Gasteiger partial charge in [0.05, 0.1) is 11.3 Å². The Morgan fingerprint density at radius 3 is 2.59 bits per heavy atom. The number of hydrogen-bond acceptors (Lipinski definition) is 3. The van der Waals surface area contributed by atoms with Crippen LogP contribution in [-0.4, -0.2) is 32.2 Å². The molecule has 1 saturated heterocycles. The standard InChI is InChI=1S/C21H30F3N3/c1-13(14-6-4-3-5-7-14)26-15-10-16-17-12-25-9-8-19(17)27(2)20(16)18(11-15)21(22,23)24/h10-11,13-14,17,19,25-26H,3-9,12H2,1-2H3/t13-,17-,19-/m0/s1. The third kappa shape index (κ3) is 3.53. The van der Waals surface area contributed by atoms with Crippen molar-refractivity contribution in [2.75, 3.05) is 30.4 Å². The number of benzene rings is 1. The van der Waals surface area contributed by atoms with Crippen LogP contribution >= 0.6 is 0 Å². The van der Waals surface area contributed by atoms with Crippen LogP contribution in [0.2, 0.25) is 0 Å². The fourth-order valence-electron chi connectivity index (χ4n) is 5.44. The topological polar surface area (TPSA) is 27.3 Å². The first kappa shape index (κ1) is 18.9. The van der Waals surface area contributed by atoms with Crippen molar-refractivity contribution in [2.45, 2.75) is 69.6 Å². The second kappa shape index (κ2) is 7.19. The molecule has 1 saturated carbocycles. The summed E-state index contributed by atoms with van der Waals surface area (Å²) in [6.07, 6.45) is 2.62. The van der Waals surface area contributed by atoms with E-state index in [1.165, 1.54) is 38.2 Å². The van der Waals surface area contributed by atoms with Gasteiger partial charge < -0.3 is 15.5 Å². The van der Waals surface area contributed by atoms with Crippen LogP contribution in [0.3, 0.4) is 0 Å². The van der Waals surface area contributed by atoms with E-state index in [1.807, 2.05) is 18.0 Å². The average molecular weight is 381 g/mol. The average Bonchev–Trinajstić information content (AvgIpc) is 2.94. The van der Waals surface area contributed by atoms with Gasteiger partial charge >= 0.3 is 6.18 Å². The van der Waals surface area contributed by atoms with Crippen LogP contribution in [0.15, 0.2) is 12.1 Å². The van der Waals surface area contributed by atoms with Crippen LogP contribution in [0, 0.1) is 5.92 Å². The summed E-state index contributed by atoms with van der Waals surface area (Å²) in [6.45, 7) is 3.74. The maximum atomic E-state index is 13.9. The highest BCUT2D eigenvalue weighted by Crippen LogP contribution is 2.50. The largest absolute Gasteiger partial charge is 0.418 e. The summed E-state index contributed by atoms with van der Waals surface area (Å²) in [5.74, 6) is 0.680. The molecule has 3 nitrogen and oxygen atoms in total. The summed E-state index contributed by atoms with van der Waals surface area (Å²) in [5.41, 5.74) is 1.37. The van der Waals surface area contributed by atoms with Crippen LogP contribution in [0.25, 0.3) is 0 Å². The van der Waals surface area contributed by atoms with Crippen molar-refractivity contribution in [3.05, 3.63) is 23.3 Å². The lowest BCUT2D eigenvalue weighted by molar-refractivity contribution is -0.137. The van der Waals surface area contributed by atoms with E-state index in [2.05, 4.69) is 17.6 Å². The molecular weight excluding hydrogens is 351 g/mol. The molecule has 3 aliphatic rings. The Balaban J connectivity index is 1.68. The summed E-state index contributed by atoms with van der Waals surface area (Å²) in [6, 6.07) is 3.68. The molecule has 2 aliphatic heterocycles. The van der Waals surface area contributed by atoms with Crippen molar-refractivity contribution in [2.24, 2.45) is 5.92 Å². The third-order valence-electron chi connectivity index (χ3n) is 6.89. The number of hydrogen-bond donors (Lipinski definition) is 2. The smallest absolute Gasteiger partial charge is 0.382 e. The molecule has 27 heavy (non-hydrogen) atoms. The van der Waals surface area contributed by atoms with Gasteiger partial charge in [0.1, 0.15) is 0 Å². The molecule has 0 amide bonds. The Morgan fingerprint density at radius 1 is 1.15 bits per heavy atom. The van der Waals surface area contributed by atoms with Crippen molar-refractivity contribution in [3.8, 4) is 0 Å². The predicted octanol–water partition coefficient (Wildman–Crippen LogP) is 4.98. The number of halogens is 3. The van der Waals surface area contributed by atoms with Gasteiger partial charge in [-0.3, -0.25) is 0 Å². The fraction of sp³-hybridized carbons (Fsp3) is 0.714. The van der Waals surface area contributed by atoms with Gasteiger partial charge in [-0.05, 0) is 56.3 Å². The van der Waals surface area contributed by atoms with Gasteiger partial charge in [-0.25, -0.2) is 0 Å². The Kier molecular flexibility index (Phi) is 5.04. The van der Waals surface area contributed by atoms with Crippen LogP contribution in [0.4, 0.5) is 24.5 Å². The van der Waals surface area contributed by atoms with E-state index in [4.69, 9.17) is 0 Å². The lowest BCUT2D eigenvalue weighted by atomic mass is 9.84. The zero-order valence-corrected chi connectivity index (χ0v) is 16.2. The van der Waals surface area contributed by atoms with E-state index in [-0.39, 0.29) is 18.0 Å². The molecule has 6 heteroatoms. The summed E-state index contributed by atoms with van der Waals surface area (Å²) in [5, 5.41) is 6.78. The molecule has 3 atom stereocenters. The SMILES string of the molecule is C[C@H](Nc1cc2c(c(C(F)(F)F)c1)N(C)[C@H]1CCNC[C@@H]21)C1CCCCC1. The van der Waals surface area contributed by atoms with Gasteiger partial charge in [0, 0.05) is 37.3 Å². The monoisotopic (exact) mass is 381 g/mol. The molecule has 0 unspecified atom stereocenters. The molecule has 150 valence electrons. The number of nitrogens with one attached hydrogen (secondary N) is 2. The fourth-order valence-corrected chi connectivity index (χ4v) is 5.44. The van der Waals surface area contributed by atoms with Gasteiger partial charge in [-0.15, -0.1) is 0 Å². The number of nitrogens with zero attached hydrogens (tertiary/aromatic N) is 1. The van der Waals surface area contributed by atoms with Crippen LogP contribution in [-0.2, 0) is 6.18 Å². The second-order valence-corrected chi connectivity index (χ2v) is 8.57. The molecule has 1 aromatic rings. The Bertz CT molecular complexity index is 682. The Morgan fingerprint density at radius 2 is 1.89 bits per heavy atom. The summed E-state index contributed by atoms with van der Waals surface area (Å²) in [7, 11) is 1.82. The third-order valence-corrected chi connectivity index (χ3v) is 6.89. The minimum Gasteiger partial charge on any atom is -0.382 e. The van der Waals surface area contributed by atoms with Crippen molar-refractivity contribution >= 4 is 11.4 Å². The van der Waals surface area contributed by atoms with Crippen molar-refractivity contribution < 1.29 is 13.2 Å². The summed E-state index contributed by atoms with van der Waals surface area (Å²) >= 11 is 0. The number of fused-ring (bicyclic) bond motifs is 3. The van der Waals surface area contributed by atoms with E-state index in [9.17, 15) is 13.2 Å². The molecule has 0 aromatic heterocycles. The molecule has 0 spiro atoms. The van der Waals surface area contributed by atoms with E-state index < -0.39 is 11.7 Å². The highest BCUT2D eigenvalue weighted by molar-refractivity contribution is 5.72. The first-order valence-corrected chi connectivity index (χ1v) is 10.3. The van der Waals surface area contributed by atoms with Crippen LogP contribution < -0.4 is 15.5 Å². The number of likely N-dealkylation sites (N-methyl/N-ethyl adjacent to an activating group) is 1. The van der Waals surface area contributed by atoms with Gasteiger partial charge in [0.2, 0.25) is 0 Å². The minimum absolute atomic E-state index is 0.131. The number of rotatable bonds is 3.